The molecule has 1 rings (SSSR count). The van der Waals surface area contributed by atoms with E-state index in [1.54, 1.807) is 24.7 Å². The highest BCUT2D eigenvalue weighted by atomic mass is 32.2. The van der Waals surface area contributed by atoms with E-state index in [1.807, 2.05) is 0 Å². The second-order valence-corrected chi connectivity index (χ2v) is 5.22. The molecule has 0 aliphatic carbocycles. The molecule has 13 heavy (non-hydrogen) atoms. The zero-order valence-corrected chi connectivity index (χ0v) is 8.50. The maximum Gasteiger partial charge on any atom is 0.157 e. The Morgan fingerprint density at radius 2 is 2.23 bits per heavy atom. The van der Waals surface area contributed by atoms with Gasteiger partial charge in [-0.3, -0.25) is 0 Å². The number of nitrogens with zero attached hydrogens (tertiary/aromatic N) is 2. The van der Waals surface area contributed by atoms with E-state index >= 15 is 0 Å². The van der Waals surface area contributed by atoms with E-state index < -0.39 is 9.84 Å². The largest absolute Gasteiger partial charge is 0.382 e. The average molecular weight is 203 g/mol. The number of sulfone groups is 1. The Morgan fingerprint density at radius 1 is 1.62 bits per heavy atom. The van der Waals surface area contributed by atoms with Gasteiger partial charge >= 0.3 is 0 Å². The number of aryl methyl sites for hydroxylation is 1. The number of rotatable bonds is 3. The number of anilines is 1. The maximum absolute atomic E-state index is 11.2. The van der Waals surface area contributed by atoms with E-state index in [9.17, 15) is 8.42 Å². The molecule has 0 aliphatic heterocycles. The molecule has 0 fully saturated rings. The summed E-state index contributed by atoms with van der Waals surface area (Å²) in [5.41, 5.74) is 5.41. The summed E-state index contributed by atoms with van der Waals surface area (Å²) >= 11 is 0. The summed E-state index contributed by atoms with van der Waals surface area (Å²) in [6.07, 6.45) is 1.60. The van der Waals surface area contributed by atoms with E-state index in [0.717, 1.165) is 0 Å². The Bertz CT molecular complexity index is 394. The van der Waals surface area contributed by atoms with Crippen molar-refractivity contribution in [1.29, 1.82) is 0 Å². The van der Waals surface area contributed by atoms with Gasteiger partial charge in [0.2, 0.25) is 0 Å². The first-order valence-corrected chi connectivity index (χ1v) is 5.75. The van der Waals surface area contributed by atoms with E-state index in [-0.39, 0.29) is 11.5 Å². The van der Waals surface area contributed by atoms with Gasteiger partial charge in [0.25, 0.3) is 0 Å². The molecule has 0 saturated carbocycles. The lowest BCUT2D eigenvalue weighted by atomic mass is 10.7. The van der Waals surface area contributed by atoms with Crippen LogP contribution in [0, 0.1) is 0 Å². The van der Waals surface area contributed by atoms with Gasteiger partial charge in [0.1, 0.15) is 17.4 Å². The second-order valence-electron chi connectivity index (χ2n) is 2.87. The van der Waals surface area contributed by atoms with E-state index in [1.165, 1.54) is 0 Å². The van der Waals surface area contributed by atoms with Crippen LogP contribution in [0.1, 0.15) is 12.7 Å². The van der Waals surface area contributed by atoms with Gasteiger partial charge in [-0.1, -0.05) is 6.92 Å². The Labute approximate surface area is 77.5 Å². The quantitative estimate of drug-likeness (QED) is 0.746. The highest BCUT2D eigenvalue weighted by molar-refractivity contribution is 7.90. The van der Waals surface area contributed by atoms with Crippen molar-refractivity contribution in [3.63, 3.8) is 0 Å². The zero-order valence-electron chi connectivity index (χ0n) is 7.69. The predicted molar refractivity (Wildman–Crippen MR) is 50.8 cm³/mol. The fourth-order valence-corrected chi connectivity index (χ4v) is 1.83. The first kappa shape index (κ1) is 10.0. The molecule has 1 heterocycles. The molecule has 2 N–H and O–H groups in total. The molecule has 0 atom stereocenters. The average Bonchev–Trinajstić information content (AvgIpc) is 2.30. The van der Waals surface area contributed by atoms with Gasteiger partial charge in [-0.25, -0.2) is 13.4 Å². The molecular weight excluding hydrogens is 190 g/mol. The number of hydrogen-bond donors (Lipinski definition) is 1. The molecule has 74 valence electrons. The van der Waals surface area contributed by atoms with E-state index in [2.05, 4.69) is 4.98 Å². The lowest BCUT2D eigenvalue weighted by Crippen LogP contribution is -2.10. The third kappa shape index (κ3) is 2.45. The lowest BCUT2D eigenvalue weighted by molar-refractivity contribution is 0.593. The lowest BCUT2D eigenvalue weighted by Gasteiger charge is -2.00. The fourth-order valence-electron chi connectivity index (χ4n) is 0.963. The third-order valence-corrected chi connectivity index (χ3v) is 3.36. The van der Waals surface area contributed by atoms with Crippen molar-refractivity contribution in [3.05, 3.63) is 12.0 Å². The van der Waals surface area contributed by atoms with E-state index in [4.69, 9.17) is 5.73 Å². The minimum absolute atomic E-state index is 0.0444. The molecule has 0 amide bonds. The van der Waals surface area contributed by atoms with Gasteiger partial charge in [-0.05, 0) is 0 Å². The normalized spacial score (nSPS) is 11.8. The smallest absolute Gasteiger partial charge is 0.157 e. The van der Waals surface area contributed by atoms with Gasteiger partial charge in [-0.2, -0.15) is 0 Å². The summed E-state index contributed by atoms with van der Waals surface area (Å²) in [5, 5.41) is 0. The Balaban J connectivity index is 2.92. The monoisotopic (exact) mass is 203 g/mol. The van der Waals surface area contributed by atoms with E-state index in [0.29, 0.717) is 11.6 Å². The molecular formula is C7H13N3O2S. The van der Waals surface area contributed by atoms with Crippen LogP contribution in [0.3, 0.4) is 0 Å². The second kappa shape index (κ2) is 3.37. The molecule has 0 radical (unpaired) electrons. The van der Waals surface area contributed by atoms with Gasteiger partial charge < -0.3 is 10.3 Å². The summed E-state index contributed by atoms with van der Waals surface area (Å²) in [6.45, 7) is 1.61. The molecule has 1 aromatic heterocycles. The molecule has 0 saturated heterocycles. The predicted octanol–water partition coefficient (Wildman–Crippen LogP) is -0.0630. The number of hydrogen-bond acceptors (Lipinski definition) is 4. The minimum Gasteiger partial charge on any atom is -0.382 e. The van der Waals surface area contributed by atoms with Crippen molar-refractivity contribution >= 4 is 15.7 Å². The van der Waals surface area contributed by atoms with Crippen molar-refractivity contribution in [1.82, 2.24) is 9.55 Å². The number of nitrogens with two attached hydrogens (primary N) is 1. The number of nitrogen functional groups attached to an aromatic ring is 1. The van der Waals surface area contributed by atoms with Gasteiger partial charge in [0, 0.05) is 19.0 Å². The summed E-state index contributed by atoms with van der Waals surface area (Å²) in [4.78, 5) is 3.90. The minimum atomic E-state index is -3.02. The first-order chi connectivity index (χ1) is 5.94. The Kier molecular flexibility index (Phi) is 2.60. The molecule has 6 heteroatoms. The zero-order chi connectivity index (χ0) is 10.1. The van der Waals surface area contributed by atoms with Gasteiger partial charge in [-0.15, -0.1) is 0 Å². The van der Waals surface area contributed by atoms with Crippen LogP contribution in [-0.4, -0.2) is 23.7 Å². The standard InChI is InChI=1S/C7H13N3O2S/c1-3-13(11,12)5-7-9-6(8)4-10(7)2/h4H,3,5,8H2,1-2H3. The highest BCUT2D eigenvalue weighted by Crippen LogP contribution is 2.07. The van der Waals surface area contributed by atoms with Crippen LogP contribution in [0.5, 0.6) is 0 Å². The molecule has 0 aromatic carbocycles. The summed E-state index contributed by atoms with van der Waals surface area (Å²) in [6, 6.07) is 0. The van der Waals surface area contributed by atoms with Crippen LogP contribution in [0.15, 0.2) is 6.20 Å². The summed E-state index contributed by atoms with van der Waals surface area (Å²) in [7, 11) is -1.29. The molecule has 1 aromatic rings. The molecule has 0 unspecified atom stereocenters. The maximum atomic E-state index is 11.2. The summed E-state index contributed by atoms with van der Waals surface area (Å²) in [5.74, 6) is 0.917. The number of imidazole rings is 1. The van der Waals surface area contributed by atoms with Crippen LogP contribution in [0.4, 0.5) is 5.82 Å². The Morgan fingerprint density at radius 3 is 2.62 bits per heavy atom. The fraction of sp³-hybridized carbons (Fsp3) is 0.571. The highest BCUT2D eigenvalue weighted by Gasteiger charge is 2.13. The third-order valence-electron chi connectivity index (χ3n) is 1.78. The number of aromatic nitrogens is 2. The molecule has 0 bridgehead atoms. The molecule has 5 nitrogen and oxygen atoms in total. The van der Waals surface area contributed by atoms with Crippen LogP contribution < -0.4 is 5.73 Å². The first-order valence-electron chi connectivity index (χ1n) is 3.92. The SMILES string of the molecule is CCS(=O)(=O)Cc1nc(N)cn1C. The molecule has 0 aliphatic rings. The summed E-state index contributed by atoms with van der Waals surface area (Å²) < 4.78 is 24.1. The van der Waals surface area contributed by atoms with Crippen molar-refractivity contribution in [2.75, 3.05) is 11.5 Å². The van der Waals surface area contributed by atoms with Crippen LogP contribution in [0.2, 0.25) is 0 Å². The van der Waals surface area contributed by atoms with Crippen molar-refractivity contribution < 1.29 is 8.42 Å². The topological polar surface area (TPSA) is 78.0 Å². The molecule has 0 spiro atoms. The Hall–Kier alpha value is -1.04. The van der Waals surface area contributed by atoms with Crippen LogP contribution in [-0.2, 0) is 22.6 Å². The van der Waals surface area contributed by atoms with Crippen LogP contribution in [0.25, 0.3) is 0 Å². The van der Waals surface area contributed by atoms with Gasteiger partial charge in [0.05, 0.1) is 0 Å². The van der Waals surface area contributed by atoms with Crippen molar-refractivity contribution in [2.45, 2.75) is 12.7 Å². The van der Waals surface area contributed by atoms with Crippen molar-refractivity contribution in [2.24, 2.45) is 7.05 Å². The van der Waals surface area contributed by atoms with Crippen LogP contribution >= 0.6 is 0 Å². The van der Waals surface area contributed by atoms with Gasteiger partial charge in [0.15, 0.2) is 9.84 Å². The van der Waals surface area contributed by atoms with Crippen molar-refractivity contribution in [3.8, 4) is 0 Å².